The summed E-state index contributed by atoms with van der Waals surface area (Å²) in [5.41, 5.74) is 12.5. The van der Waals surface area contributed by atoms with Gasteiger partial charge in [0.25, 0.3) is 0 Å². The minimum atomic E-state index is -0.0612. The molecule has 4 nitrogen and oxygen atoms in total. The summed E-state index contributed by atoms with van der Waals surface area (Å²) >= 11 is 0. The van der Waals surface area contributed by atoms with Crippen LogP contribution in [0, 0.1) is 0 Å². The van der Waals surface area contributed by atoms with Crippen molar-refractivity contribution in [3.05, 3.63) is 157 Å². The molecule has 2 heterocycles. The highest BCUT2D eigenvalue weighted by molar-refractivity contribution is 5.84. The van der Waals surface area contributed by atoms with Crippen molar-refractivity contribution in [3.63, 3.8) is 0 Å². The molecule has 0 aliphatic heterocycles. The lowest BCUT2D eigenvalue weighted by molar-refractivity contribution is 0.660. The van der Waals surface area contributed by atoms with Crippen LogP contribution >= 0.6 is 0 Å². The Morgan fingerprint density at radius 1 is 0.378 bits per heavy atom. The minimum Gasteiger partial charge on any atom is -0.265 e. The summed E-state index contributed by atoms with van der Waals surface area (Å²) in [5.74, 6) is 1.94. The molecule has 8 rings (SSSR count). The fraction of sp³-hybridized carbons (Fsp3) is 0.0732. The molecule has 0 radical (unpaired) electrons. The van der Waals surface area contributed by atoms with Crippen molar-refractivity contribution in [2.75, 3.05) is 0 Å². The van der Waals surface area contributed by atoms with E-state index in [-0.39, 0.29) is 5.41 Å². The highest BCUT2D eigenvalue weighted by Crippen LogP contribution is 2.49. The molecule has 0 fully saturated rings. The molecule has 5 aromatic carbocycles. The van der Waals surface area contributed by atoms with Gasteiger partial charge in [0.05, 0.1) is 0 Å². The summed E-state index contributed by atoms with van der Waals surface area (Å²) in [6, 6.07) is 46.6. The number of aromatic nitrogens is 4. The maximum atomic E-state index is 5.09. The van der Waals surface area contributed by atoms with Crippen LogP contribution in [-0.2, 0) is 5.41 Å². The van der Waals surface area contributed by atoms with Gasteiger partial charge in [0.1, 0.15) is 0 Å². The molecule has 1 aliphatic rings. The van der Waals surface area contributed by atoms with Crippen molar-refractivity contribution in [1.29, 1.82) is 0 Å². The van der Waals surface area contributed by atoms with Crippen LogP contribution in [0.15, 0.2) is 146 Å². The molecule has 0 unspecified atom stereocenters. The van der Waals surface area contributed by atoms with Gasteiger partial charge in [0.15, 0.2) is 17.5 Å². The smallest absolute Gasteiger partial charge is 0.164 e. The van der Waals surface area contributed by atoms with Gasteiger partial charge in [0, 0.05) is 34.5 Å². The molecule has 4 heteroatoms. The first-order chi connectivity index (χ1) is 22.0. The molecule has 214 valence electrons. The van der Waals surface area contributed by atoms with Gasteiger partial charge in [-0.3, -0.25) is 4.98 Å². The monoisotopic (exact) mass is 578 g/mol. The molecular formula is C41H30N4. The van der Waals surface area contributed by atoms with Crippen molar-refractivity contribution in [1.82, 2.24) is 19.9 Å². The van der Waals surface area contributed by atoms with Gasteiger partial charge in [0.2, 0.25) is 0 Å². The van der Waals surface area contributed by atoms with E-state index in [4.69, 9.17) is 15.0 Å². The Labute approximate surface area is 263 Å². The molecule has 7 aromatic rings. The molecule has 0 N–H and O–H groups in total. The van der Waals surface area contributed by atoms with Crippen molar-refractivity contribution in [3.8, 4) is 67.5 Å². The maximum Gasteiger partial charge on any atom is 0.164 e. The zero-order valence-corrected chi connectivity index (χ0v) is 25.1. The van der Waals surface area contributed by atoms with E-state index in [0.29, 0.717) is 17.5 Å². The van der Waals surface area contributed by atoms with Gasteiger partial charge in [-0.05, 0) is 68.8 Å². The highest BCUT2D eigenvalue weighted by atomic mass is 15.0. The van der Waals surface area contributed by atoms with Crippen molar-refractivity contribution in [2.45, 2.75) is 19.3 Å². The van der Waals surface area contributed by atoms with Gasteiger partial charge in [-0.25, -0.2) is 15.0 Å². The van der Waals surface area contributed by atoms with E-state index in [9.17, 15) is 0 Å². The summed E-state index contributed by atoms with van der Waals surface area (Å²) in [7, 11) is 0. The first-order valence-corrected chi connectivity index (χ1v) is 15.2. The van der Waals surface area contributed by atoms with Crippen LogP contribution in [0.25, 0.3) is 67.5 Å². The van der Waals surface area contributed by atoms with Crippen LogP contribution in [0.2, 0.25) is 0 Å². The molecule has 0 bridgehead atoms. The van der Waals surface area contributed by atoms with Gasteiger partial charge in [-0.15, -0.1) is 0 Å². The lowest BCUT2D eigenvalue weighted by Gasteiger charge is -2.21. The van der Waals surface area contributed by atoms with Gasteiger partial charge in [-0.2, -0.15) is 0 Å². The predicted molar refractivity (Wildman–Crippen MR) is 182 cm³/mol. The largest absolute Gasteiger partial charge is 0.265 e. The van der Waals surface area contributed by atoms with Crippen LogP contribution in [0.5, 0.6) is 0 Å². The third-order valence-corrected chi connectivity index (χ3v) is 8.86. The number of nitrogens with zero attached hydrogens (tertiary/aromatic N) is 4. The van der Waals surface area contributed by atoms with Crippen molar-refractivity contribution >= 4 is 0 Å². The predicted octanol–water partition coefficient (Wildman–Crippen LogP) is 9.91. The average molecular weight is 579 g/mol. The lowest BCUT2D eigenvalue weighted by atomic mass is 9.82. The molecule has 0 amide bonds. The number of benzene rings is 5. The third kappa shape index (κ3) is 4.81. The normalized spacial score (nSPS) is 12.8. The van der Waals surface area contributed by atoms with E-state index in [1.807, 2.05) is 30.6 Å². The number of hydrogen-bond acceptors (Lipinski definition) is 4. The standard InChI is InChI=1S/C41H30N4/c1-41(2)36-14-7-6-13-34(36)35-26-33(19-20-37(35)41)40-44-38(30-17-15-28(16-18-30)29-21-23-42-24-22-29)43-39(45-40)32-12-8-11-31(25-32)27-9-4-3-5-10-27/h3-26H,1-2H3. The number of fused-ring (bicyclic) bond motifs is 3. The summed E-state index contributed by atoms with van der Waals surface area (Å²) in [4.78, 5) is 19.3. The Balaban J connectivity index is 1.27. The lowest BCUT2D eigenvalue weighted by Crippen LogP contribution is -2.14. The Morgan fingerprint density at radius 3 is 1.64 bits per heavy atom. The Morgan fingerprint density at radius 2 is 0.889 bits per heavy atom. The zero-order chi connectivity index (χ0) is 30.4. The van der Waals surface area contributed by atoms with E-state index in [1.165, 1.54) is 22.3 Å². The number of pyridine rings is 1. The summed E-state index contributed by atoms with van der Waals surface area (Å²) in [6.07, 6.45) is 3.63. The van der Waals surface area contributed by atoms with Gasteiger partial charge < -0.3 is 0 Å². The van der Waals surface area contributed by atoms with Crippen molar-refractivity contribution < 1.29 is 0 Å². The Kier molecular flexibility index (Phi) is 6.42. The van der Waals surface area contributed by atoms with E-state index in [2.05, 4.69) is 134 Å². The Bertz CT molecular complexity index is 2170. The maximum absolute atomic E-state index is 5.09. The summed E-state index contributed by atoms with van der Waals surface area (Å²) in [6.45, 7) is 4.59. The zero-order valence-electron chi connectivity index (χ0n) is 25.1. The molecule has 0 atom stereocenters. The molecule has 45 heavy (non-hydrogen) atoms. The first-order valence-electron chi connectivity index (χ1n) is 15.2. The second kappa shape index (κ2) is 10.8. The van der Waals surface area contributed by atoms with Gasteiger partial charge >= 0.3 is 0 Å². The molecule has 0 spiro atoms. The second-order valence-electron chi connectivity index (χ2n) is 12.0. The van der Waals surface area contributed by atoms with E-state index >= 15 is 0 Å². The van der Waals surface area contributed by atoms with Crippen LogP contribution in [0.4, 0.5) is 0 Å². The first kappa shape index (κ1) is 26.9. The van der Waals surface area contributed by atoms with Crippen LogP contribution in [0.3, 0.4) is 0 Å². The molecule has 0 saturated carbocycles. The fourth-order valence-corrected chi connectivity index (χ4v) is 6.45. The number of rotatable bonds is 5. The highest BCUT2D eigenvalue weighted by Gasteiger charge is 2.35. The number of hydrogen-bond donors (Lipinski definition) is 0. The van der Waals surface area contributed by atoms with Crippen molar-refractivity contribution in [2.24, 2.45) is 0 Å². The third-order valence-electron chi connectivity index (χ3n) is 8.86. The van der Waals surface area contributed by atoms with Gasteiger partial charge in [-0.1, -0.05) is 123 Å². The summed E-state index contributed by atoms with van der Waals surface area (Å²) < 4.78 is 0. The van der Waals surface area contributed by atoms with E-state index < -0.39 is 0 Å². The quantitative estimate of drug-likeness (QED) is 0.204. The second-order valence-corrected chi connectivity index (χ2v) is 12.0. The topological polar surface area (TPSA) is 51.6 Å². The molecule has 0 saturated heterocycles. The molecule has 2 aromatic heterocycles. The SMILES string of the molecule is CC1(C)c2ccccc2-c2cc(-c3nc(-c4ccc(-c5ccncc5)cc4)nc(-c4cccc(-c5ccccc5)c4)n3)ccc21. The summed E-state index contributed by atoms with van der Waals surface area (Å²) in [5, 5.41) is 0. The fourth-order valence-electron chi connectivity index (χ4n) is 6.45. The van der Waals surface area contributed by atoms with E-state index in [1.54, 1.807) is 0 Å². The van der Waals surface area contributed by atoms with Crippen LogP contribution in [0.1, 0.15) is 25.0 Å². The minimum absolute atomic E-state index is 0.0612. The van der Waals surface area contributed by atoms with Crippen LogP contribution in [-0.4, -0.2) is 19.9 Å². The average Bonchev–Trinajstić information content (AvgIpc) is 3.34. The van der Waals surface area contributed by atoms with E-state index in [0.717, 1.165) is 38.9 Å². The molecular weight excluding hydrogens is 548 g/mol. The molecule has 1 aliphatic carbocycles. The van der Waals surface area contributed by atoms with Crippen LogP contribution < -0.4 is 0 Å². The Hall–Kier alpha value is -5.74.